The summed E-state index contributed by atoms with van der Waals surface area (Å²) >= 11 is 11.0. The van der Waals surface area contributed by atoms with Gasteiger partial charge < -0.3 is 25.5 Å². The van der Waals surface area contributed by atoms with Crippen molar-refractivity contribution in [1.82, 2.24) is 0 Å². The Morgan fingerprint density at radius 1 is 0.941 bits per heavy atom. The molecule has 104 valence electrons. The monoisotopic (exact) mass is 306 g/mol. The Morgan fingerprint density at radius 3 is 1.24 bits per heavy atom. The van der Waals surface area contributed by atoms with Crippen LogP contribution in [0.15, 0.2) is 0 Å². The molecule has 0 aromatic heterocycles. The molecule has 0 rings (SSSR count). The fourth-order valence-electron chi connectivity index (χ4n) is 0.368. The van der Waals surface area contributed by atoms with Crippen LogP contribution in [0.25, 0.3) is 0 Å². The van der Waals surface area contributed by atoms with Crippen LogP contribution < -0.4 is 0 Å². The number of hydrogen-bond acceptors (Lipinski definition) is 8. The van der Waals surface area contributed by atoms with Crippen molar-refractivity contribution in [2.24, 2.45) is 5.41 Å². The maximum Gasteiger partial charge on any atom is 0.330 e. The van der Waals surface area contributed by atoms with Crippen molar-refractivity contribution in [2.45, 2.75) is 4.08 Å². The molecule has 5 N–H and O–H groups in total. The lowest BCUT2D eigenvalue weighted by Gasteiger charge is -2.23. The van der Waals surface area contributed by atoms with Gasteiger partial charge in [-0.1, -0.05) is 0 Å². The molecule has 0 aromatic rings. The maximum absolute atomic E-state index is 10.1. The summed E-state index contributed by atoms with van der Waals surface area (Å²) in [5.41, 5.74) is -1.11. The molecule has 0 saturated heterocycles. The molecule has 0 bridgehead atoms. The van der Waals surface area contributed by atoms with E-state index in [1.807, 2.05) is 0 Å². The molecule has 0 unspecified atom stereocenters. The number of carboxylic acids is 1. The van der Waals surface area contributed by atoms with Crippen LogP contribution in [-0.2, 0) is 4.79 Å². The summed E-state index contributed by atoms with van der Waals surface area (Å²) < 4.78 is -1.29. The molecule has 0 spiro atoms. The van der Waals surface area contributed by atoms with Crippen LogP contribution in [-0.4, -0.2) is 67.8 Å². The van der Waals surface area contributed by atoms with Gasteiger partial charge in [-0.05, 0) is 0 Å². The lowest BCUT2D eigenvalue weighted by atomic mass is 9.93. The van der Waals surface area contributed by atoms with Crippen molar-refractivity contribution in [3.8, 4) is 0 Å². The van der Waals surface area contributed by atoms with Gasteiger partial charge >= 0.3 is 5.97 Å². The second kappa shape index (κ2) is 9.31. The van der Waals surface area contributed by atoms with E-state index in [4.69, 9.17) is 25.5 Å². The highest BCUT2D eigenvalue weighted by Gasteiger charge is 2.27. The molecule has 6 nitrogen and oxygen atoms in total. The zero-order valence-corrected chi connectivity index (χ0v) is 11.7. The van der Waals surface area contributed by atoms with Crippen molar-refractivity contribution in [2.75, 3.05) is 32.2 Å². The molecule has 0 aliphatic heterocycles. The van der Waals surface area contributed by atoms with Gasteiger partial charge in [-0.25, -0.2) is 4.79 Å². The molecule has 0 aromatic carbocycles. The zero-order valence-electron chi connectivity index (χ0n) is 9.02. The maximum atomic E-state index is 10.1. The normalized spacial score (nSPS) is 11.7. The lowest BCUT2D eigenvalue weighted by molar-refractivity contribution is -0.136. The number of rotatable bonds is 6. The fraction of sp³-hybridized carbons (Fsp3) is 0.875. The van der Waals surface area contributed by atoms with Gasteiger partial charge in [-0.15, -0.1) is 25.3 Å². The van der Waals surface area contributed by atoms with Crippen molar-refractivity contribution in [1.29, 1.82) is 0 Å². The molecule has 0 atom stereocenters. The van der Waals surface area contributed by atoms with Gasteiger partial charge in [-0.3, -0.25) is 0 Å². The molecule has 17 heavy (non-hydrogen) atoms. The van der Waals surface area contributed by atoms with Crippen molar-refractivity contribution in [3.63, 3.8) is 0 Å². The summed E-state index contributed by atoms with van der Waals surface area (Å²) in [6.07, 6.45) is 0. The number of aliphatic hydroxyl groups excluding tert-OH is 4. The standard InChI is InChI=1S/C5H12O4.C3H6O2S3/c6-1-5(2-7,3-8)4-9;4-2(5)3(7,8)1-6/h6-9H,1-4H2;6-8H,1H2,(H,4,5). The summed E-state index contributed by atoms with van der Waals surface area (Å²) in [5.74, 6) is -0.965. The van der Waals surface area contributed by atoms with Crippen LogP contribution in [0.3, 0.4) is 0 Å². The number of carboxylic acid groups (broad SMARTS) is 1. The number of thiol groups is 3. The largest absolute Gasteiger partial charge is 0.480 e. The summed E-state index contributed by atoms with van der Waals surface area (Å²) in [6.45, 7) is -1.62. The highest BCUT2D eigenvalue weighted by Crippen LogP contribution is 2.20. The topological polar surface area (TPSA) is 118 Å². The Labute approximate surface area is 116 Å². The minimum atomic E-state index is -1.29. The molecule has 0 saturated carbocycles. The average Bonchev–Trinajstić information content (AvgIpc) is 2.33. The number of aliphatic carboxylic acids is 1. The lowest BCUT2D eigenvalue weighted by Crippen LogP contribution is -2.37. The van der Waals surface area contributed by atoms with Gasteiger partial charge in [0.25, 0.3) is 0 Å². The minimum Gasteiger partial charge on any atom is -0.480 e. The highest BCUT2D eigenvalue weighted by molar-refractivity contribution is 8.03. The number of hydrogen-bond donors (Lipinski definition) is 8. The third-order valence-electron chi connectivity index (χ3n) is 1.90. The van der Waals surface area contributed by atoms with Crippen LogP contribution in [0.4, 0.5) is 0 Å². The Hall–Kier alpha value is 0.360. The van der Waals surface area contributed by atoms with E-state index in [1.165, 1.54) is 0 Å². The Morgan fingerprint density at radius 2 is 1.24 bits per heavy atom. The molecule has 0 heterocycles. The van der Waals surface area contributed by atoms with E-state index in [2.05, 4.69) is 37.9 Å². The predicted octanol–water partition coefficient (Wildman–Crippen LogP) is -1.50. The van der Waals surface area contributed by atoms with Crippen molar-refractivity contribution < 1.29 is 30.3 Å². The van der Waals surface area contributed by atoms with Gasteiger partial charge in [0.2, 0.25) is 0 Å². The average molecular weight is 306 g/mol. The van der Waals surface area contributed by atoms with E-state index in [0.29, 0.717) is 0 Å². The first-order valence-corrected chi connectivity index (χ1v) is 6.00. The summed E-state index contributed by atoms with van der Waals surface area (Å²) in [6, 6.07) is 0. The van der Waals surface area contributed by atoms with E-state index in [1.54, 1.807) is 0 Å². The van der Waals surface area contributed by atoms with Gasteiger partial charge in [0.05, 0.1) is 31.8 Å². The second-order valence-electron chi connectivity index (χ2n) is 3.41. The van der Waals surface area contributed by atoms with Gasteiger partial charge in [0, 0.05) is 5.75 Å². The Bertz CT molecular complexity index is 202. The van der Waals surface area contributed by atoms with Crippen LogP contribution in [0.1, 0.15) is 0 Å². The van der Waals surface area contributed by atoms with Gasteiger partial charge in [-0.2, -0.15) is 12.6 Å². The van der Waals surface area contributed by atoms with Gasteiger partial charge in [0.1, 0.15) is 0 Å². The highest BCUT2D eigenvalue weighted by atomic mass is 32.2. The minimum absolute atomic E-state index is 0.106. The van der Waals surface area contributed by atoms with E-state index >= 15 is 0 Å². The van der Waals surface area contributed by atoms with E-state index in [9.17, 15) is 4.79 Å². The number of carbonyl (C=O) groups is 1. The van der Waals surface area contributed by atoms with Crippen molar-refractivity contribution >= 4 is 43.9 Å². The third kappa shape index (κ3) is 7.39. The van der Waals surface area contributed by atoms with E-state index in [0.717, 1.165) is 0 Å². The predicted molar refractivity (Wildman–Crippen MR) is 73.0 cm³/mol. The van der Waals surface area contributed by atoms with Crippen LogP contribution >= 0.6 is 37.9 Å². The molecule has 0 radical (unpaired) electrons. The smallest absolute Gasteiger partial charge is 0.330 e. The Kier molecular flexibility index (Phi) is 10.8. The van der Waals surface area contributed by atoms with Crippen LogP contribution in [0.2, 0.25) is 0 Å². The van der Waals surface area contributed by atoms with E-state index in [-0.39, 0.29) is 5.75 Å². The number of aliphatic hydroxyl groups is 4. The second-order valence-corrected chi connectivity index (χ2v) is 5.61. The molecule has 9 heteroatoms. The molecule has 0 aliphatic carbocycles. The first kappa shape index (κ1) is 19.7. The molecular weight excluding hydrogens is 288 g/mol. The van der Waals surface area contributed by atoms with Crippen molar-refractivity contribution in [3.05, 3.63) is 0 Å². The third-order valence-corrected chi connectivity index (χ3v) is 3.58. The fourth-order valence-corrected chi connectivity index (χ4v) is 0.503. The summed E-state index contributed by atoms with van der Waals surface area (Å²) in [4.78, 5) is 10.1. The zero-order chi connectivity index (χ0) is 14.1. The molecule has 0 fully saturated rings. The van der Waals surface area contributed by atoms with Gasteiger partial charge in [0.15, 0.2) is 4.08 Å². The summed E-state index contributed by atoms with van der Waals surface area (Å²) in [5, 5.41) is 42.2. The molecule has 0 amide bonds. The first-order valence-electron chi connectivity index (χ1n) is 4.47. The Balaban J connectivity index is 0. The summed E-state index contributed by atoms with van der Waals surface area (Å²) in [7, 11) is 0. The SMILES string of the molecule is O=C(O)C(S)(S)CS.OCC(CO)(CO)CO. The molecular formula is C8H18O6S3. The molecule has 0 aliphatic rings. The quantitative estimate of drug-likeness (QED) is 0.223. The van der Waals surface area contributed by atoms with Crippen LogP contribution in [0.5, 0.6) is 0 Å². The van der Waals surface area contributed by atoms with E-state index < -0.39 is 41.9 Å². The van der Waals surface area contributed by atoms with Crippen LogP contribution in [0, 0.1) is 5.41 Å². The first-order chi connectivity index (χ1) is 7.75.